The minimum atomic E-state index is -0.933. The normalized spacial score (nSPS) is 27.5. The molecule has 144 valence electrons. The van der Waals surface area contributed by atoms with Crippen LogP contribution in [-0.2, 0) is 29.0 Å². The Morgan fingerprint density at radius 2 is 2.00 bits per heavy atom. The van der Waals surface area contributed by atoms with E-state index in [4.69, 9.17) is 0 Å². The fourth-order valence-corrected chi connectivity index (χ4v) is 5.67. The Morgan fingerprint density at radius 1 is 1.31 bits per heavy atom. The van der Waals surface area contributed by atoms with Gasteiger partial charge in [-0.05, 0) is 32.6 Å². The van der Waals surface area contributed by atoms with E-state index in [1.807, 2.05) is 11.6 Å². The molecule has 0 bridgehead atoms. The van der Waals surface area contributed by atoms with Crippen molar-refractivity contribution in [3.8, 4) is 0 Å². The number of aromatic nitrogens is 3. The fraction of sp³-hybridized carbons (Fsp3) is 0.778. The maximum atomic E-state index is 11.9. The van der Waals surface area contributed by atoms with Gasteiger partial charge < -0.3 is 10.0 Å². The first-order valence-corrected chi connectivity index (χ1v) is 10.4. The number of carboxylic acids is 1. The predicted molar refractivity (Wildman–Crippen MR) is 99.9 cm³/mol. The molecule has 0 aliphatic carbocycles. The van der Waals surface area contributed by atoms with Crippen molar-refractivity contribution in [2.45, 2.75) is 88.4 Å². The van der Waals surface area contributed by atoms with E-state index < -0.39 is 16.8 Å². The molecule has 2 aliphatic rings. The number of carbonyl (C=O) groups excluding carboxylic acids is 1. The van der Waals surface area contributed by atoms with Crippen molar-refractivity contribution >= 4 is 23.6 Å². The minimum absolute atomic E-state index is 0.0178. The van der Waals surface area contributed by atoms with Crippen LogP contribution in [-0.4, -0.2) is 53.0 Å². The van der Waals surface area contributed by atoms with E-state index in [9.17, 15) is 14.7 Å². The summed E-state index contributed by atoms with van der Waals surface area (Å²) in [5.74, 6) is -0.996. The van der Waals surface area contributed by atoms with Gasteiger partial charge in [-0.3, -0.25) is 4.79 Å². The zero-order chi connectivity index (χ0) is 18.9. The number of unbranched alkanes of at least 4 members (excludes halogenated alkanes) is 2. The molecular formula is C18H28N4O3S. The Labute approximate surface area is 158 Å². The number of hydrogen-bond acceptors (Lipinski definition) is 5. The number of hydrogen-bond donors (Lipinski definition) is 1. The molecule has 2 fully saturated rings. The largest absolute Gasteiger partial charge is 0.480 e. The van der Waals surface area contributed by atoms with Gasteiger partial charge in [0.1, 0.15) is 6.04 Å². The monoisotopic (exact) mass is 380 g/mol. The molecule has 1 amide bonds. The molecule has 1 aromatic heterocycles. The van der Waals surface area contributed by atoms with Gasteiger partial charge in [-0.2, -0.15) is 0 Å². The van der Waals surface area contributed by atoms with Crippen LogP contribution in [0.5, 0.6) is 0 Å². The molecule has 2 aliphatic heterocycles. The topological polar surface area (TPSA) is 88.3 Å². The Hall–Kier alpha value is -1.57. The fourth-order valence-electron chi connectivity index (χ4n) is 3.93. The van der Waals surface area contributed by atoms with Gasteiger partial charge in [0.25, 0.3) is 0 Å². The van der Waals surface area contributed by atoms with E-state index in [1.165, 1.54) is 4.90 Å². The van der Waals surface area contributed by atoms with Crippen LogP contribution in [0, 0.1) is 0 Å². The first-order valence-electron chi connectivity index (χ1n) is 9.54. The lowest BCUT2D eigenvalue weighted by Crippen LogP contribution is -2.58. The molecule has 7 nitrogen and oxygen atoms in total. The quantitative estimate of drug-likeness (QED) is 0.662. The Balaban J connectivity index is 1.85. The van der Waals surface area contributed by atoms with Crippen LogP contribution in [0.1, 0.15) is 64.3 Å². The zero-order valence-corrected chi connectivity index (χ0v) is 16.6. The van der Waals surface area contributed by atoms with Gasteiger partial charge in [0, 0.05) is 0 Å². The number of fused-ring (bicyclic) bond motifs is 1. The van der Waals surface area contributed by atoms with E-state index in [2.05, 4.69) is 24.2 Å². The number of carboxylic acid groups (broad SMARTS) is 1. The molecule has 1 N–H and O–H groups in total. The molecule has 0 radical (unpaired) electrons. The lowest BCUT2D eigenvalue weighted by molar-refractivity contribution is -0.157. The SMILES string of the molecule is CCCCc1nnn(C[C@]2(C)S[C@@H]3CC(=O)N3[C@H]2C(=O)O)c1CCCC. The summed E-state index contributed by atoms with van der Waals surface area (Å²) in [4.78, 5) is 25.3. The molecule has 3 rings (SSSR count). The third-order valence-electron chi connectivity index (χ3n) is 5.36. The second kappa shape index (κ2) is 7.58. The van der Waals surface area contributed by atoms with E-state index in [0.717, 1.165) is 49.9 Å². The van der Waals surface area contributed by atoms with Crippen molar-refractivity contribution in [1.82, 2.24) is 19.9 Å². The third kappa shape index (κ3) is 3.35. The molecule has 8 heteroatoms. The Kier molecular flexibility index (Phi) is 5.60. The van der Waals surface area contributed by atoms with Gasteiger partial charge >= 0.3 is 5.97 Å². The number of β-lactam (4-membered cyclic amide) rings is 1. The van der Waals surface area contributed by atoms with Crippen LogP contribution in [0.25, 0.3) is 0 Å². The molecule has 0 unspecified atom stereocenters. The molecule has 3 atom stereocenters. The summed E-state index contributed by atoms with van der Waals surface area (Å²) in [6.07, 6.45) is 6.59. The number of carbonyl (C=O) groups is 2. The van der Waals surface area contributed by atoms with Crippen molar-refractivity contribution in [3.05, 3.63) is 11.4 Å². The van der Waals surface area contributed by atoms with Crippen LogP contribution in [0.15, 0.2) is 0 Å². The molecule has 3 heterocycles. The van der Waals surface area contributed by atoms with Gasteiger partial charge in [-0.25, -0.2) is 9.48 Å². The van der Waals surface area contributed by atoms with Crippen molar-refractivity contribution in [1.29, 1.82) is 0 Å². The van der Waals surface area contributed by atoms with Gasteiger partial charge in [0.2, 0.25) is 5.91 Å². The van der Waals surface area contributed by atoms with Crippen molar-refractivity contribution < 1.29 is 14.7 Å². The number of aryl methyl sites for hydroxylation is 1. The summed E-state index contributed by atoms with van der Waals surface area (Å²) >= 11 is 1.59. The highest BCUT2D eigenvalue weighted by molar-refractivity contribution is 8.01. The van der Waals surface area contributed by atoms with Gasteiger partial charge in [-0.1, -0.05) is 31.9 Å². The zero-order valence-electron chi connectivity index (χ0n) is 15.8. The van der Waals surface area contributed by atoms with E-state index >= 15 is 0 Å². The number of nitrogens with zero attached hydrogens (tertiary/aromatic N) is 4. The maximum absolute atomic E-state index is 11.9. The molecule has 0 spiro atoms. The number of thioether (sulfide) groups is 1. The van der Waals surface area contributed by atoms with Gasteiger partial charge in [0.15, 0.2) is 0 Å². The highest BCUT2D eigenvalue weighted by atomic mass is 32.2. The second-order valence-corrected chi connectivity index (χ2v) is 9.19. The first kappa shape index (κ1) is 19.2. The van der Waals surface area contributed by atoms with Crippen LogP contribution in [0.4, 0.5) is 0 Å². The average molecular weight is 381 g/mol. The average Bonchev–Trinajstić information content (AvgIpc) is 3.06. The summed E-state index contributed by atoms with van der Waals surface area (Å²) in [5.41, 5.74) is 2.17. The van der Waals surface area contributed by atoms with Crippen LogP contribution >= 0.6 is 11.8 Å². The van der Waals surface area contributed by atoms with Crippen LogP contribution < -0.4 is 0 Å². The highest BCUT2D eigenvalue weighted by Crippen LogP contribution is 2.51. The van der Waals surface area contributed by atoms with Crippen LogP contribution in [0.2, 0.25) is 0 Å². The predicted octanol–water partition coefficient (Wildman–Crippen LogP) is 2.48. The smallest absolute Gasteiger partial charge is 0.327 e. The molecule has 2 saturated heterocycles. The lowest BCUT2D eigenvalue weighted by atomic mass is 9.96. The lowest BCUT2D eigenvalue weighted by Gasteiger charge is -2.37. The van der Waals surface area contributed by atoms with Crippen molar-refractivity contribution in [3.63, 3.8) is 0 Å². The minimum Gasteiger partial charge on any atom is -0.480 e. The second-order valence-electron chi connectivity index (χ2n) is 7.48. The van der Waals surface area contributed by atoms with E-state index in [1.54, 1.807) is 11.8 Å². The maximum Gasteiger partial charge on any atom is 0.327 e. The van der Waals surface area contributed by atoms with Crippen molar-refractivity contribution in [2.75, 3.05) is 0 Å². The molecular weight excluding hydrogens is 352 g/mol. The molecule has 1 aromatic rings. The number of rotatable bonds is 9. The summed E-state index contributed by atoms with van der Waals surface area (Å²) in [5, 5.41) is 18.5. The third-order valence-corrected chi connectivity index (χ3v) is 6.92. The summed E-state index contributed by atoms with van der Waals surface area (Å²) in [7, 11) is 0. The molecule has 0 saturated carbocycles. The first-order chi connectivity index (χ1) is 12.4. The Morgan fingerprint density at radius 3 is 2.62 bits per heavy atom. The molecule has 26 heavy (non-hydrogen) atoms. The number of aliphatic carboxylic acids is 1. The summed E-state index contributed by atoms with van der Waals surface area (Å²) in [6.45, 7) is 6.72. The standard InChI is InChI=1S/C18H28N4O3S/c1-4-6-8-12-13(9-7-5-2)21(20-19-12)11-18(3)16(17(24)25)22-14(23)10-15(22)26-18/h15-16H,4-11H2,1-3H3,(H,24,25)/t15-,16+,18+/m1/s1. The highest BCUT2D eigenvalue weighted by Gasteiger charge is 2.60. The summed E-state index contributed by atoms with van der Waals surface area (Å²) in [6, 6.07) is -0.805. The molecule has 0 aromatic carbocycles. The Bertz CT molecular complexity index is 692. The van der Waals surface area contributed by atoms with Crippen molar-refractivity contribution in [2.24, 2.45) is 0 Å². The van der Waals surface area contributed by atoms with E-state index in [-0.39, 0.29) is 11.3 Å². The summed E-state index contributed by atoms with van der Waals surface area (Å²) < 4.78 is 1.30. The van der Waals surface area contributed by atoms with Gasteiger partial charge in [-0.15, -0.1) is 16.9 Å². The van der Waals surface area contributed by atoms with Gasteiger partial charge in [0.05, 0.1) is 34.5 Å². The number of amides is 1. The van der Waals surface area contributed by atoms with E-state index in [0.29, 0.717) is 13.0 Å². The van der Waals surface area contributed by atoms with Crippen LogP contribution in [0.3, 0.4) is 0 Å².